The number of amides is 1. The molecule has 0 unspecified atom stereocenters. The second-order valence-corrected chi connectivity index (χ2v) is 5.63. The number of carboxylic acids is 1. The summed E-state index contributed by atoms with van der Waals surface area (Å²) in [7, 11) is 0. The molecule has 1 aromatic heterocycles. The Balaban J connectivity index is 1.77. The number of thiophene rings is 1. The highest BCUT2D eigenvalue weighted by atomic mass is 32.1. The molecule has 0 saturated carbocycles. The van der Waals surface area contributed by atoms with E-state index in [2.05, 4.69) is 0 Å². The number of aryl methyl sites for hydroxylation is 1. The van der Waals surface area contributed by atoms with E-state index in [4.69, 9.17) is 5.11 Å². The Hall–Kier alpha value is -1.62. The summed E-state index contributed by atoms with van der Waals surface area (Å²) in [6.07, 6.45) is 3.96. The number of rotatable bonds is 4. The van der Waals surface area contributed by atoms with Crippen LogP contribution in [-0.4, -0.2) is 35.0 Å². The molecule has 0 atom stereocenters. The Labute approximate surface area is 116 Å². The summed E-state index contributed by atoms with van der Waals surface area (Å²) >= 11 is 1.67. The number of carbonyl (C=O) groups is 2. The van der Waals surface area contributed by atoms with E-state index in [9.17, 15) is 9.59 Å². The fraction of sp³-hybridized carbons (Fsp3) is 0.429. The number of hydrogen-bond acceptors (Lipinski definition) is 3. The molecule has 1 N–H and O–H groups in total. The van der Waals surface area contributed by atoms with Crippen molar-refractivity contribution in [3.8, 4) is 0 Å². The third kappa shape index (κ3) is 4.21. The smallest absolute Gasteiger partial charge is 0.328 e. The van der Waals surface area contributed by atoms with E-state index in [0.29, 0.717) is 32.4 Å². The molecule has 2 rings (SSSR count). The lowest BCUT2D eigenvalue weighted by atomic mass is 10.0. The van der Waals surface area contributed by atoms with Crippen molar-refractivity contribution in [1.29, 1.82) is 0 Å². The molecular weight excluding hydrogens is 262 g/mol. The van der Waals surface area contributed by atoms with Crippen molar-refractivity contribution in [3.63, 3.8) is 0 Å². The molecule has 0 aromatic carbocycles. The topological polar surface area (TPSA) is 57.6 Å². The number of aliphatic carboxylic acids is 1. The SMILES string of the molecule is O=C(O)C=C1CCN(C(=O)CCc2cccs2)CC1. The Bertz CT molecular complexity index is 469. The highest BCUT2D eigenvalue weighted by Crippen LogP contribution is 2.18. The Kier molecular flexibility index (Phi) is 4.74. The number of hydrogen-bond donors (Lipinski definition) is 1. The minimum absolute atomic E-state index is 0.169. The zero-order chi connectivity index (χ0) is 13.7. The van der Waals surface area contributed by atoms with Crippen LogP contribution >= 0.6 is 11.3 Å². The third-order valence-electron chi connectivity index (χ3n) is 3.25. The number of nitrogens with zero attached hydrogens (tertiary/aromatic N) is 1. The normalized spacial score (nSPS) is 15.4. The minimum Gasteiger partial charge on any atom is -0.478 e. The second kappa shape index (κ2) is 6.52. The third-order valence-corrected chi connectivity index (χ3v) is 4.19. The number of carbonyl (C=O) groups excluding carboxylic acids is 1. The Morgan fingerprint density at radius 2 is 2.11 bits per heavy atom. The van der Waals surface area contributed by atoms with Gasteiger partial charge < -0.3 is 10.0 Å². The van der Waals surface area contributed by atoms with Crippen LogP contribution in [0.2, 0.25) is 0 Å². The summed E-state index contributed by atoms with van der Waals surface area (Å²) in [6, 6.07) is 4.04. The van der Waals surface area contributed by atoms with Gasteiger partial charge in [0.15, 0.2) is 0 Å². The fourth-order valence-corrected chi connectivity index (χ4v) is 2.91. The molecule has 102 valence electrons. The molecule has 5 heteroatoms. The molecule has 1 aromatic rings. The van der Waals surface area contributed by atoms with Crippen LogP contribution in [0.5, 0.6) is 0 Å². The van der Waals surface area contributed by atoms with Crippen molar-refractivity contribution in [3.05, 3.63) is 34.0 Å². The maximum Gasteiger partial charge on any atom is 0.328 e. The first-order chi connectivity index (χ1) is 9.15. The van der Waals surface area contributed by atoms with E-state index in [-0.39, 0.29) is 5.91 Å². The molecule has 1 saturated heterocycles. The van der Waals surface area contributed by atoms with Crippen LogP contribution in [-0.2, 0) is 16.0 Å². The lowest BCUT2D eigenvalue weighted by molar-refractivity contribution is -0.131. The minimum atomic E-state index is -0.896. The molecule has 2 heterocycles. The summed E-state index contributed by atoms with van der Waals surface area (Å²) in [4.78, 5) is 25.7. The van der Waals surface area contributed by atoms with Crippen molar-refractivity contribution < 1.29 is 14.7 Å². The molecule has 0 spiro atoms. The Morgan fingerprint density at radius 1 is 1.37 bits per heavy atom. The van der Waals surface area contributed by atoms with Crippen LogP contribution in [0.25, 0.3) is 0 Å². The van der Waals surface area contributed by atoms with Crippen LogP contribution in [0.1, 0.15) is 24.1 Å². The Morgan fingerprint density at radius 3 is 2.68 bits per heavy atom. The standard InChI is InChI=1S/C14H17NO3S/c16-13(4-3-12-2-1-9-19-12)15-7-5-11(6-8-15)10-14(17)18/h1-2,9-10H,3-8H2,(H,17,18). The maximum absolute atomic E-state index is 12.0. The van der Waals surface area contributed by atoms with Gasteiger partial charge in [-0.3, -0.25) is 4.79 Å². The molecule has 1 aliphatic rings. The molecule has 0 bridgehead atoms. The van der Waals surface area contributed by atoms with Gasteiger partial charge in [0, 0.05) is 30.5 Å². The maximum atomic E-state index is 12.0. The highest BCUT2D eigenvalue weighted by Gasteiger charge is 2.19. The molecule has 1 aliphatic heterocycles. The molecule has 1 amide bonds. The van der Waals surface area contributed by atoms with Crippen LogP contribution in [0.15, 0.2) is 29.2 Å². The predicted octanol–water partition coefficient (Wildman–Crippen LogP) is 2.31. The van der Waals surface area contributed by atoms with Gasteiger partial charge in [0.2, 0.25) is 5.91 Å². The van der Waals surface area contributed by atoms with Gasteiger partial charge in [-0.15, -0.1) is 11.3 Å². The predicted molar refractivity (Wildman–Crippen MR) is 74.2 cm³/mol. The van der Waals surface area contributed by atoms with Gasteiger partial charge in [-0.25, -0.2) is 4.79 Å². The van der Waals surface area contributed by atoms with Crippen LogP contribution in [0, 0.1) is 0 Å². The van der Waals surface area contributed by atoms with Crippen molar-refractivity contribution in [1.82, 2.24) is 4.90 Å². The molecule has 0 radical (unpaired) electrons. The molecule has 19 heavy (non-hydrogen) atoms. The van der Waals surface area contributed by atoms with Gasteiger partial charge in [0.25, 0.3) is 0 Å². The van der Waals surface area contributed by atoms with Crippen molar-refractivity contribution >= 4 is 23.2 Å². The summed E-state index contributed by atoms with van der Waals surface area (Å²) in [6.45, 7) is 1.28. The number of carboxylic acid groups (broad SMARTS) is 1. The first kappa shape index (κ1) is 13.8. The lowest BCUT2D eigenvalue weighted by Gasteiger charge is -2.28. The largest absolute Gasteiger partial charge is 0.478 e. The van der Waals surface area contributed by atoms with Crippen molar-refractivity contribution in [2.75, 3.05) is 13.1 Å². The van der Waals surface area contributed by atoms with E-state index < -0.39 is 5.97 Å². The summed E-state index contributed by atoms with van der Waals surface area (Å²) in [5.41, 5.74) is 0.926. The van der Waals surface area contributed by atoms with Crippen LogP contribution < -0.4 is 0 Å². The zero-order valence-electron chi connectivity index (χ0n) is 10.7. The van der Waals surface area contributed by atoms with Gasteiger partial charge in [-0.2, -0.15) is 0 Å². The summed E-state index contributed by atoms with van der Waals surface area (Å²) in [5, 5.41) is 10.7. The van der Waals surface area contributed by atoms with E-state index in [1.807, 2.05) is 22.4 Å². The van der Waals surface area contributed by atoms with E-state index in [1.54, 1.807) is 11.3 Å². The zero-order valence-corrected chi connectivity index (χ0v) is 11.5. The van der Waals surface area contributed by atoms with Crippen LogP contribution in [0.3, 0.4) is 0 Å². The highest BCUT2D eigenvalue weighted by molar-refractivity contribution is 7.09. The first-order valence-corrected chi connectivity index (χ1v) is 7.25. The quantitative estimate of drug-likeness (QED) is 0.860. The van der Waals surface area contributed by atoms with Gasteiger partial charge in [-0.05, 0) is 30.7 Å². The lowest BCUT2D eigenvalue weighted by Crippen LogP contribution is -2.36. The molecule has 4 nitrogen and oxygen atoms in total. The number of likely N-dealkylation sites (tertiary alicyclic amines) is 1. The fourth-order valence-electron chi connectivity index (χ4n) is 2.21. The van der Waals surface area contributed by atoms with E-state index >= 15 is 0 Å². The van der Waals surface area contributed by atoms with E-state index in [1.165, 1.54) is 11.0 Å². The van der Waals surface area contributed by atoms with Gasteiger partial charge >= 0.3 is 5.97 Å². The summed E-state index contributed by atoms with van der Waals surface area (Å²) < 4.78 is 0. The molecule has 0 aliphatic carbocycles. The second-order valence-electron chi connectivity index (χ2n) is 4.60. The monoisotopic (exact) mass is 279 g/mol. The van der Waals surface area contributed by atoms with E-state index in [0.717, 1.165) is 12.0 Å². The molecular formula is C14H17NO3S. The van der Waals surface area contributed by atoms with Crippen molar-refractivity contribution in [2.24, 2.45) is 0 Å². The number of piperidine rings is 1. The van der Waals surface area contributed by atoms with Gasteiger partial charge in [0.05, 0.1) is 0 Å². The van der Waals surface area contributed by atoms with Gasteiger partial charge in [0.1, 0.15) is 0 Å². The van der Waals surface area contributed by atoms with Gasteiger partial charge in [-0.1, -0.05) is 11.6 Å². The molecule has 1 fully saturated rings. The average molecular weight is 279 g/mol. The van der Waals surface area contributed by atoms with Crippen LogP contribution in [0.4, 0.5) is 0 Å². The average Bonchev–Trinajstić information content (AvgIpc) is 2.89. The first-order valence-electron chi connectivity index (χ1n) is 6.37. The summed E-state index contributed by atoms with van der Waals surface area (Å²) in [5.74, 6) is -0.727. The van der Waals surface area contributed by atoms with Crippen molar-refractivity contribution in [2.45, 2.75) is 25.7 Å².